The molecule has 0 aliphatic rings. The third-order valence-electron chi connectivity index (χ3n) is 4.85. The first-order valence-corrected chi connectivity index (χ1v) is 14.3. The summed E-state index contributed by atoms with van der Waals surface area (Å²) in [5, 5.41) is 10.5. The van der Waals surface area contributed by atoms with Crippen LogP contribution in [0.1, 0.15) is 107 Å². The number of allylic oxidation sites excluding steroid dienone is 2. The molecular weight excluding hydrogens is 478 g/mol. The van der Waals surface area contributed by atoms with E-state index in [2.05, 4.69) is 63.4 Å². The maximum atomic E-state index is 8.36. The lowest BCUT2D eigenvalue weighted by Crippen LogP contribution is -2.37. The molecule has 0 unspecified atom stereocenters. The van der Waals surface area contributed by atoms with Crippen molar-refractivity contribution in [2.75, 3.05) is 33.0 Å². The summed E-state index contributed by atoms with van der Waals surface area (Å²) in [7, 11) is 0. The maximum Gasteiger partial charge on any atom is 0.290 e. The van der Waals surface area contributed by atoms with Gasteiger partial charge in [0.25, 0.3) is 6.47 Å². The van der Waals surface area contributed by atoms with E-state index < -0.39 is 0 Å². The van der Waals surface area contributed by atoms with Crippen molar-refractivity contribution < 1.29 is 24.1 Å². The number of benzene rings is 1. The molecule has 0 aromatic heterocycles. The third-order valence-corrected chi connectivity index (χ3v) is 4.85. The molecule has 0 bridgehead atoms. The van der Waals surface area contributed by atoms with Crippen molar-refractivity contribution in [1.29, 1.82) is 0 Å². The highest BCUT2D eigenvalue weighted by Crippen LogP contribution is 2.21. The van der Waals surface area contributed by atoms with Crippen LogP contribution in [0.4, 0.5) is 0 Å². The Morgan fingerprint density at radius 1 is 0.947 bits per heavy atom. The number of unbranched alkanes of at least 4 members (excludes halogenated alkanes) is 3. The molecule has 1 rings (SSSR count). The van der Waals surface area contributed by atoms with Crippen LogP contribution < -0.4 is 10.1 Å². The Balaban J connectivity index is -0.00000159. The van der Waals surface area contributed by atoms with Gasteiger partial charge in [0.05, 0.1) is 26.4 Å². The fraction of sp³-hybridized carbons (Fsp3) is 0.656. The van der Waals surface area contributed by atoms with E-state index in [1.807, 2.05) is 53.7 Å². The topological polar surface area (TPSA) is 77.0 Å². The molecule has 0 spiro atoms. The van der Waals surface area contributed by atoms with E-state index in [1.165, 1.54) is 17.6 Å². The molecule has 0 saturated carbocycles. The molecule has 222 valence electrons. The number of hydrogen-bond donors (Lipinski definition) is 2. The van der Waals surface area contributed by atoms with Gasteiger partial charge in [0.1, 0.15) is 5.75 Å². The smallest absolute Gasteiger partial charge is 0.290 e. The Labute approximate surface area is 234 Å². The van der Waals surface area contributed by atoms with Gasteiger partial charge in [0.15, 0.2) is 0 Å². The monoisotopic (exact) mass is 537 g/mol. The van der Waals surface area contributed by atoms with E-state index in [1.54, 1.807) is 0 Å². The Hall–Kier alpha value is -2.15. The van der Waals surface area contributed by atoms with Crippen LogP contribution in [0.3, 0.4) is 0 Å². The van der Waals surface area contributed by atoms with Crippen molar-refractivity contribution in [3.05, 3.63) is 53.6 Å². The largest absolute Gasteiger partial charge is 0.494 e. The van der Waals surface area contributed by atoms with Crippen molar-refractivity contribution in [3.8, 4) is 5.75 Å². The zero-order valence-electron chi connectivity index (χ0n) is 26.1. The molecule has 0 saturated heterocycles. The molecule has 0 radical (unpaired) electrons. The van der Waals surface area contributed by atoms with Crippen molar-refractivity contribution in [1.82, 2.24) is 5.32 Å². The quantitative estimate of drug-likeness (QED) is 0.125. The lowest BCUT2D eigenvalue weighted by Gasteiger charge is -2.26. The molecule has 1 aromatic carbocycles. The van der Waals surface area contributed by atoms with Crippen molar-refractivity contribution in [2.24, 2.45) is 0 Å². The van der Waals surface area contributed by atoms with Gasteiger partial charge < -0.3 is 24.6 Å². The molecule has 0 heterocycles. The molecule has 0 amide bonds. The average Bonchev–Trinajstić information content (AvgIpc) is 2.90. The van der Waals surface area contributed by atoms with Crippen molar-refractivity contribution in [2.45, 2.75) is 107 Å². The number of carbonyl (C=O) groups is 1. The van der Waals surface area contributed by atoms with Gasteiger partial charge in [-0.1, -0.05) is 64.5 Å². The minimum atomic E-state index is -0.250. The van der Waals surface area contributed by atoms with Gasteiger partial charge in [-0.05, 0) is 84.1 Å². The molecule has 0 aliphatic heterocycles. The highest BCUT2D eigenvalue weighted by atomic mass is 16.5. The zero-order chi connectivity index (χ0) is 29.7. The highest BCUT2D eigenvalue weighted by Gasteiger charge is 2.15. The SMILES string of the molecule is C/C=C\C(=C/C)COCCOCCCCCCOc1cccc([C@@H](C)NC(C)(C)C)c1.CC.CC.O=CO. The van der Waals surface area contributed by atoms with E-state index in [0.29, 0.717) is 25.9 Å². The fourth-order valence-corrected chi connectivity index (χ4v) is 3.31. The molecule has 0 fully saturated rings. The Morgan fingerprint density at radius 3 is 2.08 bits per heavy atom. The van der Waals surface area contributed by atoms with Crippen LogP contribution in [0.5, 0.6) is 5.75 Å². The maximum absolute atomic E-state index is 8.36. The van der Waals surface area contributed by atoms with Gasteiger partial charge in [-0.3, -0.25) is 4.79 Å². The van der Waals surface area contributed by atoms with Crippen LogP contribution >= 0.6 is 0 Å². The Kier molecular flexibility index (Phi) is 31.2. The molecule has 6 heteroatoms. The number of ether oxygens (including phenoxy) is 3. The molecule has 38 heavy (non-hydrogen) atoms. The van der Waals surface area contributed by atoms with Gasteiger partial charge in [-0.2, -0.15) is 0 Å². The number of carboxylic acid groups (broad SMARTS) is 1. The summed E-state index contributed by atoms with van der Waals surface area (Å²) in [4.78, 5) is 8.36. The summed E-state index contributed by atoms with van der Waals surface area (Å²) in [6, 6.07) is 8.72. The highest BCUT2D eigenvalue weighted by molar-refractivity contribution is 5.32. The Bertz CT molecular complexity index is 695. The van der Waals surface area contributed by atoms with Crippen LogP contribution in [-0.4, -0.2) is 50.2 Å². The minimum Gasteiger partial charge on any atom is -0.494 e. The van der Waals surface area contributed by atoms with Crippen LogP contribution in [0.25, 0.3) is 0 Å². The normalized spacial score (nSPS) is 11.8. The Morgan fingerprint density at radius 2 is 1.53 bits per heavy atom. The van der Waals surface area contributed by atoms with Crippen LogP contribution in [0, 0.1) is 0 Å². The second kappa shape index (κ2) is 29.4. The zero-order valence-corrected chi connectivity index (χ0v) is 26.1. The lowest BCUT2D eigenvalue weighted by atomic mass is 10.0. The van der Waals surface area contributed by atoms with E-state index >= 15 is 0 Å². The van der Waals surface area contributed by atoms with Gasteiger partial charge in [0.2, 0.25) is 0 Å². The third kappa shape index (κ3) is 26.9. The molecule has 6 nitrogen and oxygen atoms in total. The first-order chi connectivity index (χ1) is 18.3. The van der Waals surface area contributed by atoms with Gasteiger partial charge in [-0.15, -0.1) is 0 Å². The van der Waals surface area contributed by atoms with E-state index in [0.717, 1.165) is 38.2 Å². The summed E-state index contributed by atoms with van der Waals surface area (Å²) in [6.07, 6.45) is 10.7. The van der Waals surface area contributed by atoms with Crippen LogP contribution in [0.15, 0.2) is 48.1 Å². The second-order valence-corrected chi connectivity index (χ2v) is 9.09. The molecular formula is C32H59NO5. The summed E-state index contributed by atoms with van der Waals surface area (Å²) < 4.78 is 17.2. The van der Waals surface area contributed by atoms with E-state index in [9.17, 15) is 0 Å². The summed E-state index contributed by atoms with van der Waals surface area (Å²) in [5.41, 5.74) is 2.56. The predicted octanol–water partition coefficient (Wildman–Crippen LogP) is 8.38. The van der Waals surface area contributed by atoms with Crippen LogP contribution in [-0.2, 0) is 14.3 Å². The van der Waals surface area contributed by atoms with Gasteiger partial charge in [-0.25, -0.2) is 0 Å². The lowest BCUT2D eigenvalue weighted by molar-refractivity contribution is -0.122. The molecule has 2 N–H and O–H groups in total. The summed E-state index contributed by atoms with van der Waals surface area (Å²) in [5.74, 6) is 0.957. The standard InChI is InChI=1S/C27H45NO3.2C2H6.CH2O2/c1-7-14-24(8-2)22-30-20-19-29-17-11-9-10-12-18-31-26-16-13-15-25(21-26)23(3)28-27(4,5)6;2*1-2;2-1-3/h7-8,13-16,21,23,28H,9-12,17-20,22H2,1-6H3;2*1-2H3;1H,(H,2,3)/b14-7-,24-8+;;;/t23-;;;/m1.../s1. The van der Waals surface area contributed by atoms with Gasteiger partial charge in [0, 0.05) is 18.2 Å². The van der Waals surface area contributed by atoms with E-state index in [4.69, 9.17) is 24.1 Å². The summed E-state index contributed by atoms with van der Waals surface area (Å²) >= 11 is 0. The number of hydrogen-bond acceptors (Lipinski definition) is 5. The van der Waals surface area contributed by atoms with Crippen LogP contribution in [0.2, 0.25) is 0 Å². The summed E-state index contributed by atoms with van der Waals surface area (Å²) in [6.45, 7) is 24.1. The second-order valence-electron chi connectivity index (χ2n) is 9.09. The average molecular weight is 538 g/mol. The molecule has 1 aromatic rings. The molecule has 1 atom stereocenters. The van der Waals surface area contributed by atoms with Crippen molar-refractivity contribution >= 4 is 6.47 Å². The first kappa shape index (κ1) is 40.3. The minimum absolute atomic E-state index is 0.0924. The number of nitrogens with one attached hydrogen (secondary N) is 1. The van der Waals surface area contributed by atoms with Crippen molar-refractivity contribution in [3.63, 3.8) is 0 Å². The molecule has 0 aliphatic carbocycles. The van der Waals surface area contributed by atoms with E-state index in [-0.39, 0.29) is 12.0 Å². The van der Waals surface area contributed by atoms with Gasteiger partial charge >= 0.3 is 0 Å². The first-order valence-electron chi connectivity index (χ1n) is 14.3. The fourth-order valence-electron chi connectivity index (χ4n) is 3.31. The number of rotatable bonds is 16. The predicted molar refractivity (Wildman–Crippen MR) is 163 cm³/mol.